The second-order valence-corrected chi connectivity index (χ2v) is 4.62. The quantitative estimate of drug-likeness (QED) is 0.775. The zero-order valence-electron chi connectivity index (χ0n) is 11.3. The largest absolute Gasteiger partial charge is 0.327 e. The first-order valence-electron chi connectivity index (χ1n) is 6.29. The highest BCUT2D eigenvalue weighted by Gasteiger charge is 2.10. The van der Waals surface area contributed by atoms with Crippen molar-refractivity contribution in [2.75, 3.05) is 5.32 Å². The van der Waals surface area contributed by atoms with Gasteiger partial charge in [0.05, 0.1) is 11.0 Å². The van der Waals surface area contributed by atoms with Crippen molar-refractivity contribution in [1.29, 1.82) is 0 Å². The van der Waals surface area contributed by atoms with Gasteiger partial charge in [-0.15, -0.1) is 0 Å². The van der Waals surface area contributed by atoms with Gasteiger partial charge in [0.2, 0.25) is 5.91 Å². The first kappa shape index (κ1) is 12.3. The van der Waals surface area contributed by atoms with Crippen molar-refractivity contribution in [2.45, 2.75) is 6.92 Å². The number of imidazole rings is 1. The number of amides is 1. The Labute approximate surface area is 116 Å². The molecular formula is C15H14N4O. The highest BCUT2D eigenvalue weighted by Crippen LogP contribution is 2.25. The summed E-state index contributed by atoms with van der Waals surface area (Å²) in [6.45, 7) is 1.49. The first-order chi connectivity index (χ1) is 9.65. The lowest BCUT2D eigenvalue weighted by molar-refractivity contribution is -0.114. The van der Waals surface area contributed by atoms with Gasteiger partial charge in [-0.1, -0.05) is 0 Å². The molecule has 0 saturated heterocycles. The number of hydrogen-bond donors (Lipinski definition) is 1. The molecule has 0 aliphatic rings. The molecule has 0 atom stereocenters. The molecule has 100 valence electrons. The van der Waals surface area contributed by atoms with Crippen LogP contribution in [0, 0.1) is 0 Å². The van der Waals surface area contributed by atoms with Gasteiger partial charge in [-0.05, 0) is 30.3 Å². The topological polar surface area (TPSA) is 59.8 Å². The Morgan fingerprint density at radius 2 is 2.15 bits per heavy atom. The zero-order chi connectivity index (χ0) is 14.1. The highest BCUT2D eigenvalue weighted by molar-refractivity contribution is 5.92. The lowest BCUT2D eigenvalue weighted by Crippen LogP contribution is -2.05. The second-order valence-electron chi connectivity index (χ2n) is 4.62. The van der Waals surface area contributed by atoms with Crippen molar-refractivity contribution in [3.63, 3.8) is 0 Å². The molecule has 0 bridgehead atoms. The van der Waals surface area contributed by atoms with Gasteiger partial charge in [0.1, 0.15) is 5.82 Å². The molecule has 1 aromatic carbocycles. The van der Waals surface area contributed by atoms with Crippen LogP contribution >= 0.6 is 0 Å². The molecule has 2 aromatic heterocycles. The van der Waals surface area contributed by atoms with Crippen LogP contribution in [0.1, 0.15) is 6.92 Å². The molecule has 0 fully saturated rings. The Kier molecular flexibility index (Phi) is 2.95. The zero-order valence-corrected chi connectivity index (χ0v) is 11.3. The Morgan fingerprint density at radius 3 is 2.85 bits per heavy atom. The lowest BCUT2D eigenvalue weighted by atomic mass is 10.2. The molecule has 3 aromatic rings. The number of anilines is 1. The van der Waals surface area contributed by atoms with Crippen molar-refractivity contribution < 1.29 is 4.79 Å². The third kappa shape index (κ3) is 2.14. The number of nitrogens with zero attached hydrogens (tertiary/aromatic N) is 3. The van der Waals surface area contributed by atoms with E-state index in [0.717, 1.165) is 28.1 Å². The molecule has 0 saturated carbocycles. The summed E-state index contributed by atoms with van der Waals surface area (Å²) in [5.74, 6) is 0.765. The van der Waals surface area contributed by atoms with Gasteiger partial charge in [0, 0.05) is 37.6 Å². The maximum Gasteiger partial charge on any atom is 0.221 e. The van der Waals surface area contributed by atoms with Gasteiger partial charge >= 0.3 is 0 Å². The fourth-order valence-electron chi connectivity index (χ4n) is 2.23. The van der Waals surface area contributed by atoms with E-state index in [1.165, 1.54) is 6.92 Å². The summed E-state index contributed by atoms with van der Waals surface area (Å²) < 4.78 is 2.02. The monoisotopic (exact) mass is 266 g/mol. The van der Waals surface area contributed by atoms with E-state index in [0.29, 0.717) is 0 Å². The number of carbonyl (C=O) groups excluding carboxylic acids is 1. The molecule has 0 unspecified atom stereocenters. The summed E-state index contributed by atoms with van der Waals surface area (Å²) in [6.07, 6.45) is 3.52. The summed E-state index contributed by atoms with van der Waals surface area (Å²) in [5, 5.41) is 2.76. The summed E-state index contributed by atoms with van der Waals surface area (Å²) >= 11 is 0. The SMILES string of the molecule is CC(=O)Nc1ccc2c(c1)nc(-c1cccnc1)n2C. The molecule has 0 spiro atoms. The average Bonchev–Trinajstić information content (AvgIpc) is 2.76. The number of fused-ring (bicyclic) bond motifs is 1. The Balaban J connectivity index is 2.12. The number of carbonyl (C=O) groups is 1. The van der Waals surface area contributed by atoms with E-state index in [9.17, 15) is 4.79 Å². The molecule has 2 heterocycles. The third-order valence-corrected chi connectivity index (χ3v) is 3.12. The number of benzene rings is 1. The van der Waals surface area contributed by atoms with Crippen molar-refractivity contribution in [2.24, 2.45) is 7.05 Å². The molecule has 0 aliphatic heterocycles. The Hall–Kier alpha value is -2.69. The Morgan fingerprint density at radius 1 is 1.30 bits per heavy atom. The van der Waals surface area contributed by atoms with Crippen LogP contribution < -0.4 is 5.32 Å². The second kappa shape index (κ2) is 4.77. The molecule has 0 radical (unpaired) electrons. The minimum Gasteiger partial charge on any atom is -0.327 e. The van der Waals surface area contributed by atoms with Gasteiger partial charge in [-0.3, -0.25) is 9.78 Å². The van der Waals surface area contributed by atoms with Crippen LogP contribution in [-0.2, 0) is 11.8 Å². The molecule has 5 nitrogen and oxygen atoms in total. The van der Waals surface area contributed by atoms with Gasteiger partial charge in [0.15, 0.2) is 0 Å². The van der Waals surface area contributed by atoms with E-state index >= 15 is 0 Å². The maximum absolute atomic E-state index is 11.1. The number of aromatic nitrogens is 3. The number of rotatable bonds is 2. The predicted octanol–water partition coefficient (Wildman–Crippen LogP) is 2.59. The first-order valence-corrected chi connectivity index (χ1v) is 6.29. The normalized spacial score (nSPS) is 10.7. The van der Waals surface area contributed by atoms with Crippen molar-refractivity contribution in [3.8, 4) is 11.4 Å². The van der Waals surface area contributed by atoms with Crippen LogP contribution in [0.15, 0.2) is 42.7 Å². The van der Waals surface area contributed by atoms with Crippen molar-refractivity contribution >= 4 is 22.6 Å². The van der Waals surface area contributed by atoms with E-state index in [2.05, 4.69) is 15.3 Å². The maximum atomic E-state index is 11.1. The minimum atomic E-state index is -0.0900. The van der Waals surface area contributed by atoms with Crippen LogP contribution in [0.4, 0.5) is 5.69 Å². The lowest BCUT2D eigenvalue weighted by Gasteiger charge is -2.02. The van der Waals surface area contributed by atoms with Crippen molar-refractivity contribution in [1.82, 2.24) is 14.5 Å². The number of aryl methyl sites for hydroxylation is 1. The molecule has 5 heteroatoms. The van der Waals surface area contributed by atoms with Crippen LogP contribution in [0.3, 0.4) is 0 Å². The smallest absolute Gasteiger partial charge is 0.221 e. The molecular weight excluding hydrogens is 252 g/mol. The summed E-state index contributed by atoms with van der Waals surface area (Å²) in [4.78, 5) is 19.8. The average molecular weight is 266 g/mol. The van der Waals surface area contributed by atoms with Gasteiger partial charge < -0.3 is 9.88 Å². The Bertz CT molecular complexity index is 777. The van der Waals surface area contributed by atoms with E-state index in [1.807, 2.05) is 41.9 Å². The minimum absolute atomic E-state index is 0.0900. The van der Waals surface area contributed by atoms with Crippen LogP contribution in [0.25, 0.3) is 22.4 Å². The summed E-state index contributed by atoms with van der Waals surface area (Å²) in [6, 6.07) is 9.56. The van der Waals surface area contributed by atoms with Crippen molar-refractivity contribution in [3.05, 3.63) is 42.7 Å². The molecule has 3 rings (SSSR count). The number of hydrogen-bond acceptors (Lipinski definition) is 3. The predicted molar refractivity (Wildman–Crippen MR) is 78.2 cm³/mol. The van der Waals surface area contributed by atoms with E-state index in [1.54, 1.807) is 12.4 Å². The third-order valence-electron chi connectivity index (χ3n) is 3.12. The molecule has 1 N–H and O–H groups in total. The van der Waals surface area contributed by atoms with E-state index in [4.69, 9.17) is 0 Å². The molecule has 0 aliphatic carbocycles. The molecule has 20 heavy (non-hydrogen) atoms. The number of nitrogens with one attached hydrogen (secondary N) is 1. The fourth-order valence-corrected chi connectivity index (χ4v) is 2.23. The standard InChI is InChI=1S/C15H14N4O/c1-10(20)17-12-5-6-14-13(8-12)18-15(19(14)2)11-4-3-7-16-9-11/h3-9H,1-2H3,(H,17,20). The summed E-state index contributed by atoms with van der Waals surface area (Å²) in [5.41, 5.74) is 3.57. The summed E-state index contributed by atoms with van der Waals surface area (Å²) in [7, 11) is 1.97. The van der Waals surface area contributed by atoms with E-state index < -0.39 is 0 Å². The van der Waals surface area contributed by atoms with E-state index in [-0.39, 0.29) is 5.91 Å². The highest BCUT2D eigenvalue weighted by atomic mass is 16.1. The van der Waals surface area contributed by atoms with Crippen LogP contribution in [0.5, 0.6) is 0 Å². The molecule has 1 amide bonds. The van der Waals surface area contributed by atoms with Gasteiger partial charge in [-0.25, -0.2) is 4.98 Å². The van der Waals surface area contributed by atoms with Crippen LogP contribution in [-0.4, -0.2) is 20.4 Å². The fraction of sp³-hybridized carbons (Fsp3) is 0.133. The van der Waals surface area contributed by atoms with Gasteiger partial charge in [-0.2, -0.15) is 0 Å². The van der Waals surface area contributed by atoms with Crippen LogP contribution in [0.2, 0.25) is 0 Å². The number of pyridine rings is 1. The van der Waals surface area contributed by atoms with Gasteiger partial charge in [0.25, 0.3) is 0 Å².